The summed E-state index contributed by atoms with van der Waals surface area (Å²) in [5.41, 5.74) is 5.16. The van der Waals surface area contributed by atoms with Gasteiger partial charge in [0.05, 0.1) is 14.2 Å². The number of hydrogen-bond acceptors (Lipinski definition) is 4. The van der Waals surface area contributed by atoms with E-state index in [0.29, 0.717) is 13.2 Å². The lowest BCUT2D eigenvalue weighted by molar-refractivity contribution is 0.171. The van der Waals surface area contributed by atoms with E-state index in [1.165, 1.54) is 0 Å². The quantitative estimate of drug-likeness (QED) is 0.553. The summed E-state index contributed by atoms with van der Waals surface area (Å²) in [7, 11) is 3.34. The molecule has 1 heterocycles. The number of rotatable bonds is 6. The highest BCUT2D eigenvalue weighted by atomic mass is 16.6. The van der Waals surface area contributed by atoms with Crippen LogP contribution in [0, 0.1) is 6.07 Å². The molecule has 0 amide bonds. The number of benzene rings is 3. The topological polar surface area (TPSA) is 36.9 Å². The molecule has 0 unspecified atom stereocenters. The number of methoxy groups -OCH3 is 2. The third kappa shape index (κ3) is 3.75. The summed E-state index contributed by atoms with van der Waals surface area (Å²) in [4.78, 5) is 0. The Labute approximate surface area is 172 Å². The summed E-state index contributed by atoms with van der Waals surface area (Å²) in [5.74, 6) is 3.26. The maximum atomic E-state index is 6.16. The van der Waals surface area contributed by atoms with Gasteiger partial charge in [-0.2, -0.15) is 0 Å². The van der Waals surface area contributed by atoms with Crippen molar-refractivity contribution in [3.8, 4) is 45.3 Å². The number of hydrogen-bond donors (Lipinski definition) is 0. The van der Waals surface area contributed by atoms with Crippen molar-refractivity contribution in [1.82, 2.24) is 0 Å². The molecule has 0 bridgehead atoms. The van der Waals surface area contributed by atoms with Gasteiger partial charge in [-0.3, -0.25) is 0 Å². The second kappa shape index (κ2) is 8.48. The van der Waals surface area contributed by atoms with Gasteiger partial charge in [-0.1, -0.05) is 37.6 Å². The van der Waals surface area contributed by atoms with E-state index in [4.69, 9.17) is 18.9 Å². The molecule has 4 heteroatoms. The summed E-state index contributed by atoms with van der Waals surface area (Å²) in [6.45, 7) is 3.25. The van der Waals surface area contributed by atoms with Crippen LogP contribution in [0.15, 0.2) is 48.5 Å². The van der Waals surface area contributed by atoms with Crippen molar-refractivity contribution in [1.29, 1.82) is 0 Å². The van der Waals surface area contributed by atoms with Gasteiger partial charge in [-0.05, 0) is 47.9 Å². The molecule has 0 aliphatic carbocycles. The maximum Gasteiger partial charge on any atom is 0.170 e. The highest BCUT2D eigenvalue weighted by Crippen LogP contribution is 2.48. The molecule has 29 heavy (non-hydrogen) atoms. The second-order valence-corrected chi connectivity index (χ2v) is 6.92. The monoisotopic (exact) mass is 389 g/mol. The van der Waals surface area contributed by atoms with E-state index < -0.39 is 0 Å². The Bertz CT molecular complexity index is 975. The van der Waals surface area contributed by atoms with Crippen molar-refractivity contribution in [2.45, 2.75) is 19.8 Å². The van der Waals surface area contributed by atoms with Crippen LogP contribution in [0.5, 0.6) is 23.0 Å². The molecule has 4 nitrogen and oxygen atoms in total. The Kier molecular flexibility index (Phi) is 5.61. The Balaban J connectivity index is 1.96. The number of aryl methyl sites for hydroxylation is 1. The van der Waals surface area contributed by atoms with E-state index >= 15 is 0 Å². The van der Waals surface area contributed by atoms with Gasteiger partial charge < -0.3 is 18.9 Å². The molecule has 0 aromatic heterocycles. The fourth-order valence-corrected chi connectivity index (χ4v) is 3.65. The minimum atomic E-state index is 0.536. The van der Waals surface area contributed by atoms with Crippen LogP contribution in [0.1, 0.15) is 18.9 Å². The zero-order valence-corrected chi connectivity index (χ0v) is 17.1. The maximum absolute atomic E-state index is 6.16. The molecule has 1 aliphatic heterocycles. The fraction of sp³-hybridized carbons (Fsp3) is 0.280. The van der Waals surface area contributed by atoms with Gasteiger partial charge >= 0.3 is 0 Å². The van der Waals surface area contributed by atoms with E-state index in [9.17, 15) is 0 Å². The molecule has 0 atom stereocenters. The summed E-state index contributed by atoms with van der Waals surface area (Å²) in [6.07, 6.45) is 1.90. The first-order chi connectivity index (χ1) is 14.2. The molecule has 0 fully saturated rings. The largest absolute Gasteiger partial charge is 0.497 e. The second-order valence-electron chi connectivity index (χ2n) is 6.92. The van der Waals surface area contributed by atoms with E-state index in [1.807, 2.05) is 36.4 Å². The Hall–Kier alpha value is -3.14. The molecule has 1 aliphatic rings. The summed E-state index contributed by atoms with van der Waals surface area (Å²) in [6, 6.07) is 19.7. The minimum absolute atomic E-state index is 0.536. The predicted octanol–water partition coefficient (Wildman–Crippen LogP) is 5.56. The first-order valence-electron chi connectivity index (χ1n) is 9.91. The van der Waals surface area contributed by atoms with Gasteiger partial charge in [0.25, 0.3) is 0 Å². The average Bonchev–Trinajstić information content (AvgIpc) is 2.79. The lowest BCUT2D eigenvalue weighted by Gasteiger charge is -2.26. The van der Waals surface area contributed by atoms with Crippen LogP contribution >= 0.6 is 0 Å². The van der Waals surface area contributed by atoms with Crippen LogP contribution in [0.3, 0.4) is 0 Å². The Morgan fingerprint density at radius 2 is 1.34 bits per heavy atom. The highest BCUT2D eigenvalue weighted by Gasteiger charge is 2.25. The molecule has 149 valence electrons. The van der Waals surface area contributed by atoms with Crippen LogP contribution in [-0.4, -0.2) is 27.4 Å². The van der Waals surface area contributed by atoms with E-state index in [-0.39, 0.29) is 0 Å². The van der Waals surface area contributed by atoms with Gasteiger partial charge in [0.15, 0.2) is 11.5 Å². The van der Waals surface area contributed by atoms with Crippen molar-refractivity contribution in [2.75, 3.05) is 27.4 Å². The van der Waals surface area contributed by atoms with Crippen molar-refractivity contribution in [2.24, 2.45) is 0 Å². The number of ether oxygens (including phenoxy) is 4. The highest BCUT2D eigenvalue weighted by molar-refractivity contribution is 5.90. The van der Waals surface area contributed by atoms with Crippen LogP contribution in [0.4, 0.5) is 0 Å². The molecule has 0 saturated carbocycles. The lowest BCUT2D eigenvalue weighted by Crippen LogP contribution is -2.18. The first-order valence-corrected chi connectivity index (χ1v) is 9.91. The van der Waals surface area contributed by atoms with Crippen LogP contribution in [0.2, 0.25) is 0 Å². The zero-order valence-electron chi connectivity index (χ0n) is 17.1. The number of fused-ring (bicyclic) bond motifs is 1. The third-order valence-electron chi connectivity index (χ3n) is 5.07. The predicted molar refractivity (Wildman–Crippen MR) is 114 cm³/mol. The Morgan fingerprint density at radius 1 is 0.793 bits per heavy atom. The van der Waals surface area contributed by atoms with Crippen molar-refractivity contribution in [3.05, 3.63) is 60.2 Å². The lowest BCUT2D eigenvalue weighted by atomic mass is 9.89. The molecule has 0 saturated heterocycles. The normalized spacial score (nSPS) is 12.5. The molecule has 4 rings (SSSR count). The van der Waals surface area contributed by atoms with Crippen LogP contribution < -0.4 is 18.9 Å². The fourth-order valence-electron chi connectivity index (χ4n) is 3.65. The van der Waals surface area contributed by atoms with Crippen molar-refractivity contribution >= 4 is 0 Å². The third-order valence-corrected chi connectivity index (χ3v) is 5.07. The van der Waals surface area contributed by atoms with Crippen LogP contribution in [-0.2, 0) is 6.42 Å². The van der Waals surface area contributed by atoms with Crippen molar-refractivity contribution < 1.29 is 18.9 Å². The van der Waals surface area contributed by atoms with Gasteiger partial charge in [-0.15, -0.1) is 0 Å². The van der Waals surface area contributed by atoms with Gasteiger partial charge in [0.2, 0.25) is 0 Å². The summed E-state index contributed by atoms with van der Waals surface area (Å²) >= 11 is 0. The van der Waals surface area contributed by atoms with E-state index in [1.54, 1.807) is 14.2 Å². The standard InChI is InChI=1S/C25H25O4/c1-4-5-19-16-22(17-6-10-20(26-2)11-7-17)23(25-24(19)28-14-15-29-25)18-8-12-21(27-3)13-9-18/h6-13H,4-5,14-15H2,1-3H3. The molecule has 0 spiro atoms. The van der Waals surface area contributed by atoms with E-state index in [2.05, 4.69) is 25.1 Å². The SMILES string of the molecule is CCCc1[c]c(-c2ccc(OC)cc2)c(-c2ccc(OC)cc2)c2c1OCCO2. The average molecular weight is 389 g/mol. The van der Waals surface area contributed by atoms with Crippen LogP contribution in [0.25, 0.3) is 22.3 Å². The Morgan fingerprint density at radius 3 is 1.90 bits per heavy atom. The smallest absolute Gasteiger partial charge is 0.170 e. The minimum Gasteiger partial charge on any atom is -0.497 e. The summed E-state index contributed by atoms with van der Waals surface area (Å²) in [5, 5.41) is 0. The summed E-state index contributed by atoms with van der Waals surface area (Å²) < 4.78 is 22.9. The molecule has 3 aromatic rings. The van der Waals surface area contributed by atoms with Crippen molar-refractivity contribution in [3.63, 3.8) is 0 Å². The zero-order chi connectivity index (χ0) is 20.2. The van der Waals surface area contributed by atoms with Gasteiger partial charge in [-0.25, -0.2) is 0 Å². The molecule has 0 N–H and O–H groups in total. The van der Waals surface area contributed by atoms with E-state index in [0.717, 1.165) is 63.7 Å². The molecular weight excluding hydrogens is 364 g/mol. The molecule has 1 radical (unpaired) electrons. The molecule has 3 aromatic carbocycles. The first kappa shape index (κ1) is 19.2. The molecular formula is C25H25O4. The van der Waals surface area contributed by atoms with Gasteiger partial charge in [0, 0.05) is 16.7 Å². The van der Waals surface area contributed by atoms with Gasteiger partial charge in [0.1, 0.15) is 24.7 Å².